The third kappa shape index (κ3) is 10.1. The van der Waals surface area contributed by atoms with Crippen molar-refractivity contribution in [2.24, 2.45) is 5.41 Å². The van der Waals surface area contributed by atoms with Crippen LogP contribution in [0.1, 0.15) is 52.9 Å². The molecular formula is C18H31NO4S. The van der Waals surface area contributed by atoms with Gasteiger partial charge in [0.25, 0.3) is 0 Å². The van der Waals surface area contributed by atoms with E-state index in [-0.39, 0.29) is 5.41 Å². The van der Waals surface area contributed by atoms with Crippen molar-refractivity contribution in [3.05, 3.63) is 0 Å². The molecule has 0 aromatic heterocycles. The minimum absolute atomic E-state index is 0.242. The highest BCUT2D eigenvalue weighted by Crippen LogP contribution is 2.26. The van der Waals surface area contributed by atoms with E-state index < -0.39 is 11.0 Å². The van der Waals surface area contributed by atoms with E-state index in [2.05, 4.69) is 24.1 Å². The fourth-order valence-electron chi connectivity index (χ4n) is 2.23. The largest absolute Gasteiger partial charge is 0.465 e. The van der Waals surface area contributed by atoms with Crippen molar-refractivity contribution in [2.75, 3.05) is 32.2 Å². The van der Waals surface area contributed by atoms with Crippen molar-refractivity contribution in [1.82, 2.24) is 5.32 Å². The molecule has 1 fully saturated rings. The van der Waals surface area contributed by atoms with Crippen LogP contribution < -0.4 is 5.32 Å². The van der Waals surface area contributed by atoms with Crippen LogP contribution in [0.4, 0.5) is 4.79 Å². The van der Waals surface area contributed by atoms with Gasteiger partial charge in [-0.15, -0.1) is 23.6 Å². The van der Waals surface area contributed by atoms with Crippen LogP contribution in [0.5, 0.6) is 0 Å². The Bertz CT molecular complexity index is 438. The maximum Gasteiger partial charge on any atom is 0.405 e. The molecule has 138 valence electrons. The van der Waals surface area contributed by atoms with Gasteiger partial charge in [-0.1, -0.05) is 6.92 Å². The van der Waals surface area contributed by atoms with Crippen molar-refractivity contribution in [2.45, 2.75) is 57.7 Å². The molecule has 0 saturated carbocycles. The molecule has 0 atom stereocenters. The summed E-state index contributed by atoms with van der Waals surface area (Å²) in [7, 11) is 0. The normalized spacial score (nSPS) is 16.0. The van der Waals surface area contributed by atoms with Gasteiger partial charge in [-0.05, 0) is 38.9 Å². The number of nitrogens with one attached hydrogen (secondary N) is 1. The minimum Gasteiger partial charge on any atom is -0.465 e. The topological polar surface area (TPSA) is 67.8 Å². The number of amides is 1. The summed E-state index contributed by atoms with van der Waals surface area (Å²) < 4.78 is 10.9. The van der Waals surface area contributed by atoms with E-state index in [1.54, 1.807) is 11.8 Å². The maximum atomic E-state index is 10.6. The molecule has 0 aromatic rings. The smallest absolute Gasteiger partial charge is 0.405 e. The number of hydrogen-bond acceptors (Lipinski definition) is 4. The molecule has 0 spiro atoms. The number of thioether (sulfide) groups is 1. The molecule has 0 unspecified atom stereocenters. The second kappa shape index (κ2) is 10.9. The molecule has 24 heavy (non-hydrogen) atoms. The molecule has 1 aliphatic rings. The zero-order chi connectivity index (χ0) is 17.9. The predicted molar refractivity (Wildman–Crippen MR) is 98.3 cm³/mol. The van der Waals surface area contributed by atoms with Gasteiger partial charge in [0.2, 0.25) is 0 Å². The minimum atomic E-state index is -0.980. The predicted octanol–water partition coefficient (Wildman–Crippen LogP) is 3.73. The third-order valence-corrected chi connectivity index (χ3v) is 4.95. The molecular weight excluding hydrogens is 326 g/mol. The second-order valence-corrected chi connectivity index (χ2v) is 8.78. The Morgan fingerprint density at radius 2 is 1.96 bits per heavy atom. The molecule has 0 radical (unpaired) electrons. The first-order chi connectivity index (χ1) is 11.3. The van der Waals surface area contributed by atoms with Gasteiger partial charge in [0.15, 0.2) is 0 Å². The summed E-state index contributed by atoms with van der Waals surface area (Å²) in [5.41, 5.74) is 0.242. The number of hydrogen-bond donors (Lipinski definition) is 2. The summed E-state index contributed by atoms with van der Waals surface area (Å²) in [6, 6.07) is 0. The fraction of sp³-hybridized carbons (Fsp3) is 0.833. The van der Waals surface area contributed by atoms with Crippen LogP contribution >= 0.6 is 11.8 Å². The first-order valence-electron chi connectivity index (χ1n) is 8.59. The molecule has 1 saturated heterocycles. The van der Waals surface area contributed by atoms with E-state index in [1.807, 2.05) is 13.8 Å². The number of rotatable bonds is 11. The molecule has 1 amide bonds. The molecule has 1 heterocycles. The fourth-order valence-corrected chi connectivity index (χ4v) is 3.19. The van der Waals surface area contributed by atoms with Crippen LogP contribution in [0.15, 0.2) is 0 Å². The zero-order valence-electron chi connectivity index (χ0n) is 15.2. The molecule has 1 aliphatic heterocycles. The monoisotopic (exact) mass is 357 g/mol. The lowest BCUT2D eigenvalue weighted by atomic mass is 9.90. The molecule has 0 bridgehead atoms. The van der Waals surface area contributed by atoms with E-state index in [0.717, 1.165) is 64.3 Å². The van der Waals surface area contributed by atoms with Gasteiger partial charge >= 0.3 is 6.09 Å². The quantitative estimate of drug-likeness (QED) is 0.335. The van der Waals surface area contributed by atoms with Crippen LogP contribution in [0, 0.1) is 17.3 Å². The molecule has 5 nitrogen and oxygen atoms in total. The number of carbonyl (C=O) groups is 1. The molecule has 0 aliphatic carbocycles. The first kappa shape index (κ1) is 21.1. The Morgan fingerprint density at radius 1 is 1.29 bits per heavy atom. The Balaban J connectivity index is 1.89. The van der Waals surface area contributed by atoms with Crippen LogP contribution in [-0.4, -0.2) is 48.3 Å². The van der Waals surface area contributed by atoms with Gasteiger partial charge < -0.3 is 19.9 Å². The standard InChI is InChI=1S/C18H31NO4S/c1-17(2,19-16(20)21)24-12-10-8-6-4-5-7-9-11-22-13-18(3)14-23-15-18/h19H,5,7-15H2,1-3H3,(H,20,21). The van der Waals surface area contributed by atoms with Gasteiger partial charge in [0.05, 0.1) is 24.7 Å². The van der Waals surface area contributed by atoms with Gasteiger partial charge in [-0.3, -0.25) is 0 Å². The van der Waals surface area contributed by atoms with Crippen LogP contribution in [0.2, 0.25) is 0 Å². The summed E-state index contributed by atoms with van der Waals surface area (Å²) in [4.78, 5) is 10.2. The number of carboxylic acid groups (broad SMARTS) is 1. The van der Waals surface area contributed by atoms with E-state index in [1.165, 1.54) is 0 Å². The Labute approximate surface area is 150 Å². The van der Waals surface area contributed by atoms with E-state index in [4.69, 9.17) is 14.6 Å². The van der Waals surface area contributed by atoms with Gasteiger partial charge in [0, 0.05) is 24.9 Å². The first-order valence-corrected chi connectivity index (χ1v) is 9.58. The lowest BCUT2D eigenvalue weighted by molar-refractivity contribution is -0.137. The molecule has 0 aromatic carbocycles. The third-order valence-electron chi connectivity index (χ3n) is 3.63. The Kier molecular flexibility index (Phi) is 9.57. The van der Waals surface area contributed by atoms with Crippen molar-refractivity contribution < 1.29 is 19.4 Å². The Hall–Kier alpha value is -0.900. The van der Waals surface area contributed by atoms with Gasteiger partial charge in [0.1, 0.15) is 0 Å². The molecule has 1 rings (SSSR count). The average Bonchev–Trinajstić information content (AvgIpc) is 2.45. The van der Waals surface area contributed by atoms with E-state index in [9.17, 15) is 4.79 Å². The SMILES string of the molecule is CC1(COCCCCC#CCCCSC(C)(C)NC(=O)O)COC1. The Morgan fingerprint density at radius 3 is 2.54 bits per heavy atom. The van der Waals surface area contributed by atoms with Crippen molar-refractivity contribution in [3.8, 4) is 11.8 Å². The number of ether oxygens (including phenoxy) is 2. The summed E-state index contributed by atoms with van der Waals surface area (Å²) in [5.74, 6) is 7.29. The average molecular weight is 358 g/mol. The van der Waals surface area contributed by atoms with E-state index >= 15 is 0 Å². The highest BCUT2D eigenvalue weighted by molar-refractivity contribution is 8.00. The molecule has 6 heteroatoms. The van der Waals surface area contributed by atoms with Crippen LogP contribution in [-0.2, 0) is 9.47 Å². The second-order valence-electron chi connectivity index (χ2n) is 7.06. The van der Waals surface area contributed by atoms with Crippen LogP contribution in [0.3, 0.4) is 0 Å². The van der Waals surface area contributed by atoms with Crippen molar-refractivity contribution in [1.29, 1.82) is 0 Å². The zero-order valence-corrected chi connectivity index (χ0v) is 16.0. The summed E-state index contributed by atoms with van der Waals surface area (Å²) in [6.45, 7) is 9.18. The lowest BCUT2D eigenvalue weighted by Crippen LogP contribution is -2.43. The molecule has 2 N–H and O–H groups in total. The van der Waals surface area contributed by atoms with E-state index in [0.29, 0.717) is 0 Å². The summed E-state index contributed by atoms with van der Waals surface area (Å²) >= 11 is 1.61. The van der Waals surface area contributed by atoms with Crippen molar-refractivity contribution in [3.63, 3.8) is 0 Å². The summed E-state index contributed by atoms with van der Waals surface area (Å²) in [6.07, 6.45) is 3.91. The van der Waals surface area contributed by atoms with Gasteiger partial charge in [-0.2, -0.15) is 0 Å². The van der Waals surface area contributed by atoms with Crippen molar-refractivity contribution >= 4 is 17.9 Å². The maximum absolute atomic E-state index is 10.6. The van der Waals surface area contributed by atoms with Crippen LogP contribution in [0.25, 0.3) is 0 Å². The highest BCUT2D eigenvalue weighted by Gasteiger charge is 2.33. The van der Waals surface area contributed by atoms with Gasteiger partial charge in [-0.25, -0.2) is 4.79 Å². The summed E-state index contributed by atoms with van der Waals surface area (Å²) in [5, 5.41) is 11.2. The highest BCUT2D eigenvalue weighted by atomic mass is 32.2. The lowest BCUT2D eigenvalue weighted by Gasteiger charge is -2.37. The number of unbranched alkanes of at least 4 members (excludes halogenated alkanes) is 3.